The van der Waals surface area contributed by atoms with Crippen molar-refractivity contribution < 1.29 is 31.9 Å². The summed E-state index contributed by atoms with van der Waals surface area (Å²) in [7, 11) is 0. The first-order chi connectivity index (χ1) is 20.3. The summed E-state index contributed by atoms with van der Waals surface area (Å²) in [6, 6.07) is 0.140. The van der Waals surface area contributed by atoms with Gasteiger partial charge in [0.05, 0.1) is 18.8 Å². The molecule has 2 amide bonds. The molecule has 3 heterocycles. The van der Waals surface area contributed by atoms with E-state index in [2.05, 4.69) is 25.6 Å². The molecule has 15 heteroatoms. The number of fused-ring (bicyclic) bond motifs is 1. The number of carbonyl (C=O) groups is 2. The van der Waals surface area contributed by atoms with Gasteiger partial charge < -0.3 is 26.0 Å². The number of nitrogens with two attached hydrogens (primary N) is 1. The molecule has 0 radical (unpaired) electrons. The van der Waals surface area contributed by atoms with E-state index in [1.54, 1.807) is 25.3 Å². The first-order valence-corrected chi connectivity index (χ1v) is 14.1. The smallest absolute Gasteiger partial charge is 0.410 e. The maximum atomic E-state index is 15.2. The molecule has 1 aliphatic heterocycles. The zero-order valence-corrected chi connectivity index (χ0v) is 24.0. The van der Waals surface area contributed by atoms with Gasteiger partial charge in [0.15, 0.2) is 17.3 Å². The standard InChI is InChI=1S/C28H34F4N8O3/c1-28(2,3)43-27(42)39-9-8-20(19(32)13-39)35-25-34-12-21-24(38-25)40(16-6-4-14(5-7-16)23(33)41)26(36-21)37-22-17(30)10-15(29)11-18(22)31/h10-12,14,16,19-20H,4-9,13H2,1-3H3,(H2,33,41)(H,36,37)(H,34,35,38)/t14?,16?,19?,20-/m0/s1. The number of likely N-dealkylation sites (tertiary alicyclic amines) is 1. The highest BCUT2D eigenvalue weighted by atomic mass is 19.1. The molecule has 11 nitrogen and oxygen atoms in total. The molecule has 43 heavy (non-hydrogen) atoms. The molecular weight excluding hydrogens is 572 g/mol. The Kier molecular flexibility index (Phi) is 8.34. The zero-order valence-electron chi connectivity index (χ0n) is 24.0. The van der Waals surface area contributed by atoms with Gasteiger partial charge in [-0.3, -0.25) is 9.36 Å². The number of nitrogens with one attached hydrogen (secondary N) is 2. The van der Waals surface area contributed by atoms with Crippen molar-refractivity contribution in [3.8, 4) is 0 Å². The maximum absolute atomic E-state index is 15.2. The molecule has 1 aliphatic carbocycles. The molecular formula is C28H34F4N8O3. The average molecular weight is 607 g/mol. The molecule has 0 bridgehead atoms. The number of rotatable bonds is 6. The number of aromatic nitrogens is 4. The minimum absolute atomic E-state index is 0.0439. The number of piperidine rings is 1. The fraction of sp³-hybridized carbons (Fsp3) is 0.536. The van der Waals surface area contributed by atoms with Crippen LogP contribution in [0.4, 0.5) is 39.9 Å². The van der Waals surface area contributed by atoms with Crippen LogP contribution in [0.25, 0.3) is 11.2 Å². The van der Waals surface area contributed by atoms with Crippen LogP contribution in [-0.2, 0) is 9.53 Å². The van der Waals surface area contributed by atoms with Gasteiger partial charge in [0.25, 0.3) is 0 Å². The predicted octanol–water partition coefficient (Wildman–Crippen LogP) is 4.96. The van der Waals surface area contributed by atoms with E-state index in [1.165, 1.54) is 11.1 Å². The summed E-state index contributed by atoms with van der Waals surface area (Å²) in [4.78, 5) is 38.8. The van der Waals surface area contributed by atoms with Crippen molar-refractivity contribution in [2.45, 2.75) is 76.7 Å². The summed E-state index contributed by atoms with van der Waals surface area (Å²) in [5.74, 6) is -3.90. The molecule has 1 aromatic carbocycles. The van der Waals surface area contributed by atoms with Gasteiger partial charge in [-0.2, -0.15) is 4.98 Å². The zero-order chi connectivity index (χ0) is 31.1. The summed E-state index contributed by atoms with van der Waals surface area (Å²) in [6.07, 6.45) is 1.65. The van der Waals surface area contributed by atoms with E-state index >= 15 is 4.39 Å². The Hall–Kier alpha value is -4.17. The van der Waals surface area contributed by atoms with Gasteiger partial charge in [-0.05, 0) is 52.9 Å². The number of ether oxygens (including phenoxy) is 1. The van der Waals surface area contributed by atoms with Gasteiger partial charge in [0.2, 0.25) is 17.8 Å². The number of nitrogens with zero attached hydrogens (tertiary/aromatic N) is 5. The number of alkyl halides is 1. The molecule has 5 rings (SSSR count). The lowest BCUT2D eigenvalue weighted by Gasteiger charge is -2.35. The van der Waals surface area contributed by atoms with Crippen LogP contribution in [0.2, 0.25) is 0 Å². The van der Waals surface area contributed by atoms with E-state index in [1.807, 2.05) is 0 Å². The SMILES string of the molecule is CC(C)(C)OC(=O)N1CC[C@H](Nc2ncc3nc(Nc4c(F)cc(F)cc4F)n(C4CCC(C(N)=O)CC4)c3n2)C(F)C1. The van der Waals surface area contributed by atoms with E-state index in [-0.39, 0.29) is 43.4 Å². The highest BCUT2D eigenvalue weighted by molar-refractivity contribution is 5.78. The summed E-state index contributed by atoms with van der Waals surface area (Å²) < 4.78 is 64.8. The third-order valence-corrected chi connectivity index (χ3v) is 7.65. The quantitative estimate of drug-likeness (QED) is 0.335. The molecule has 4 N–H and O–H groups in total. The first-order valence-electron chi connectivity index (χ1n) is 14.1. The second-order valence-corrected chi connectivity index (χ2v) is 12.0. The molecule has 232 valence electrons. The van der Waals surface area contributed by atoms with E-state index < -0.39 is 53.0 Å². The Morgan fingerprint density at radius 1 is 1.05 bits per heavy atom. The third kappa shape index (κ3) is 6.75. The van der Waals surface area contributed by atoms with E-state index in [0.717, 1.165) is 0 Å². The van der Waals surface area contributed by atoms with Crippen molar-refractivity contribution in [1.82, 2.24) is 24.4 Å². The maximum Gasteiger partial charge on any atom is 0.410 e. The van der Waals surface area contributed by atoms with Gasteiger partial charge >= 0.3 is 6.09 Å². The Morgan fingerprint density at radius 3 is 2.33 bits per heavy atom. The lowest BCUT2D eigenvalue weighted by atomic mass is 9.85. The third-order valence-electron chi connectivity index (χ3n) is 7.65. The number of halogens is 4. The molecule has 1 saturated heterocycles. The van der Waals surface area contributed by atoms with Crippen molar-refractivity contribution >= 4 is 40.7 Å². The van der Waals surface area contributed by atoms with Gasteiger partial charge in [-0.25, -0.2) is 32.3 Å². The summed E-state index contributed by atoms with van der Waals surface area (Å²) in [6.45, 7) is 5.31. The number of carbonyl (C=O) groups excluding carboxylic acids is 2. The lowest BCUT2D eigenvalue weighted by Crippen LogP contribution is -2.51. The largest absolute Gasteiger partial charge is 0.444 e. The first kappa shape index (κ1) is 30.3. The number of primary amides is 1. The highest BCUT2D eigenvalue weighted by Crippen LogP contribution is 2.37. The normalized spacial score (nSPS) is 22.8. The van der Waals surface area contributed by atoms with Crippen molar-refractivity contribution in [3.63, 3.8) is 0 Å². The van der Waals surface area contributed by atoms with Gasteiger partial charge in [-0.1, -0.05) is 0 Å². The van der Waals surface area contributed by atoms with E-state index in [0.29, 0.717) is 49.0 Å². The lowest BCUT2D eigenvalue weighted by molar-refractivity contribution is -0.122. The molecule has 2 aliphatic rings. The second kappa shape index (κ2) is 11.8. The molecule has 1 unspecified atom stereocenters. The van der Waals surface area contributed by atoms with Gasteiger partial charge in [0.1, 0.15) is 28.8 Å². The number of hydrogen-bond acceptors (Lipinski definition) is 8. The van der Waals surface area contributed by atoms with Crippen LogP contribution >= 0.6 is 0 Å². The van der Waals surface area contributed by atoms with Gasteiger partial charge in [0, 0.05) is 30.6 Å². The number of hydrogen-bond donors (Lipinski definition) is 3. The highest BCUT2D eigenvalue weighted by Gasteiger charge is 2.35. The number of amides is 2. The van der Waals surface area contributed by atoms with E-state index in [9.17, 15) is 22.8 Å². The Bertz CT molecular complexity index is 1500. The van der Waals surface area contributed by atoms with Crippen LogP contribution in [0, 0.1) is 23.4 Å². The van der Waals surface area contributed by atoms with Crippen LogP contribution in [-0.4, -0.2) is 67.3 Å². The Morgan fingerprint density at radius 2 is 1.72 bits per heavy atom. The number of benzene rings is 1. The molecule has 2 atom stereocenters. The van der Waals surface area contributed by atoms with Crippen LogP contribution in [0.1, 0.15) is 58.9 Å². The van der Waals surface area contributed by atoms with Crippen LogP contribution in [0.5, 0.6) is 0 Å². The minimum Gasteiger partial charge on any atom is -0.444 e. The number of anilines is 3. The molecule has 2 fully saturated rings. The average Bonchev–Trinajstić information content (AvgIpc) is 3.28. The number of imidazole rings is 1. The predicted molar refractivity (Wildman–Crippen MR) is 150 cm³/mol. The van der Waals surface area contributed by atoms with Crippen LogP contribution < -0.4 is 16.4 Å². The Labute approximate surface area is 245 Å². The molecule has 0 spiro atoms. The Balaban J connectivity index is 1.41. The fourth-order valence-electron chi connectivity index (χ4n) is 5.51. The second-order valence-electron chi connectivity index (χ2n) is 12.0. The fourth-order valence-corrected chi connectivity index (χ4v) is 5.51. The van der Waals surface area contributed by atoms with Crippen molar-refractivity contribution in [2.75, 3.05) is 23.7 Å². The topological polar surface area (TPSA) is 140 Å². The minimum atomic E-state index is -1.43. The summed E-state index contributed by atoms with van der Waals surface area (Å²) in [5.41, 5.74) is 4.81. The summed E-state index contributed by atoms with van der Waals surface area (Å²) >= 11 is 0. The van der Waals surface area contributed by atoms with Crippen molar-refractivity contribution in [2.24, 2.45) is 11.7 Å². The summed E-state index contributed by atoms with van der Waals surface area (Å²) in [5, 5.41) is 5.65. The van der Waals surface area contributed by atoms with Crippen molar-refractivity contribution in [3.05, 3.63) is 35.8 Å². The van der Waals surface area contributed by atoms with E-state index in [4.69, 9.17) is 10.5 Å². The van der Waals surface area contributed by atoms with Crippen LogP contribution in [0.15, 0.2) is 18.3 Å². The van der Waals surface area contributed by atoms with Gasteiger partial charge in [-0.15, -0.1) is 0 Å². The molecule has 3 aromatic rings. The van der Waals surface area contributed by atoms with Crippen LogP contribution in [0.3, 0.4) is 0 Å². The molecule has 2 aromatic heterocycles. The molecule has 1 saturated carbocycles. The monoisotopic (exact) mass is 606 g/mol. The van der Waals surface area contributed by atoms with Crippen molar-refractivity contribution in [1.29, 1.82) is 0 Å².